The van der Waals surface area contributed by atoms with Gasteiger partial charge in [-0.3, -0.25) is 9.59 Å². The molecule has 0 aliphatic carbocycles. The third-order valence-electron chi connectivity index (χ3n) is 2.95. The SMILES string of the molecule is CC(C)(NC(=O)c1sc2cccc(Cl)c2c1N)C(N)=O. The van der Waals surface area contributed by atoms with Crippen molar-refractivity contribution >= 4 is 50.5 Å². The number of halogens is 1. The average molecular weight is 312 g/mol. The number of benzene rings is 1. The number of anilines is 1. The molecule has 0 saturated carbocycles. The Hall–Kier alpha value is -1.79. The van der Waals surface area contributed by atoms with Gasteiger partial charge in [0.15, 0.2) is 0 Å². The van der Waals surface area contributed by atoms with Gasteiger partial charge in [0, 0.05) is 10.1 Å². The molecule has 20 heavy (non-hydrogen) atoms. The highest BCUT2D eigenvalue weighted by atomic mass is 35.5. The van der Waals surface area contributed by atoms with Gasteiger partial charge in [0.05, 0.1) is 10.7 Å². The van der Waals surface area contributed by atoms with Gasteiger partial charge < -0.3 is 16.8 Å². The van der Waals surface area contributed by atoms with Gasteiger partial charge in [0.1, 0.15) is 10.4 Å². The van der Waals surface area contributed by atoms with E-state index in [0.717, 1.165) is 4.70 Å². The molecule has 106 valence electrons. The van der Waals surface area contributed by atoms with Gasteiger partial charge in [-0.2, -0.15) is 0 Å². The Morgan fingerprint density at radius 3 is 2.55 bits per heavy atom. The second kappa shape index (κ2) is 4.96. The van der Waals surface area contributed by atoms with E-state index in [1.165, 1.54) is 25.2 Å². The number of amides is 2. The third kappa shape index (κ3) is 2.44. The van der Waals surface area contributed by atoms with E-state index < -0.39 is 17.4 Å². The smallest absolute Gasteiger partial charge is 0.264 e. The Kier molecular flexibility index (Phi) is 3.62. The van der Waals surface area contributed by atoms with Crippen LogP contribution in [-0.2, 0) is 4.79 Å². The number of carbonyl (C=O) groups excluding carboxylic acids is 2. The zero-order valence-corrected chi connectivity index (χ0v) is 12.6. The van der Waals surface area contributed by atoms with Gasteiger partial charge in [0.25, 0.3) is 5.91 Å². The van der Waals surface area contributed by atoms with Gasteiger partial charge in [0.2, 0.25) is 5.91 Å². The van der Waals surface area contributed by atoms with Crippen LogP contribution in [0.15, 0.2) is 18.2 Å². The van der Waals surface area contributed by atoms with E-state index in [1.807, 2.05) is 6.07 Å². The number of rotatable bonds is 3. The maximum Gasteiger partial charge on any atom is 0.264 e. The maximum atomic E-state index is 12.2. The first-order chi connectivity index (χ1) is 9.24. The van der Waals surface area contributed by atoms with Crippen molar-refractivity contribution in [1.82, 2.24) is 5.32 Å². The summed E-state index contributed by atoms with van der Waals surface area (Å²) in [7, 11) is 0. The number of thiophene rings is 1. The number of nitrogen functional groups attached to an aromatic ring is 1. The van der Waals surface area contributed by atoms with E-state index in [1.54, 1.807) is 12.1 Å². The fraction of sp³-hybridized carbons (Fsp3) is 0.231. The minimum atomic E-state index is -1.15. The fourth-order valence-corrected chi connectivity index (χ4v) is 3.08. The molecule has 2 aromatic rings. The van der Waals surface area contributed by atoms with Crippen molar-refractivity contribution in [3.8, 4) is 0 Å². The van der Waals surface area contributed by atoms with Crippen molar-refractivity contribution in [1.29, 1.82) is 0 Å². The standard InChI is InChI=1S/C13H14ClN3O2S/c1-13(2,12(16)19)17-11(18)10-9(15)8-6(14)4-3-5-7(8)20-10/h3-5H,15H2,1-2H3,(H2,16,19)(H,17,18). The van der Waals surface area contributed by atoms with Crippen LogP contribution in [0.1, 0.15) is 23.5 Å². The van der Waals surface area contributed by atoms with E-state index in [9.17, 15) is 9.59 Å². The second-order valence-corrected chi connectivity index (χ2v) is 6.36. The Morgan fingerprint density at radius 1 is 1.35 bits per heavy atom. The monoisotopic (exact) mass is 311 g/mol. The predicted molar refractivity (Wildman–Crippen MR) is 82.0 cm³/mol. The normalized spacial score (nSPS) is 11.6. The highest BCUT2D eigenvalue weighted by molar-refractivity contribution is 7.21. The lowest BCUT2D eigenvalue weighted by atomic mass is 10.1. The number of primary amides is 1. The summed E-state index contributed by atoms with van der Waals surface area (Å²) in [6.07, 6.45) is 0. The van der Waals surface area contributed by atoms with Gasteiger partial charge in [-0.1, -0.05) is 17.7 Å². The lowest BCUT2D eigenvalue weighted by molar-refractivity contribution is -0.122. The first-order valence-corrected chi connectivity index (χ1v) is 7.02. The number of hydrogen-bond donors (Lipinski definition) is 3. The lowest BCUT2D eigenvalue weighted by Crippen LogP contribution is -2.52. The molecule has 2 rings (SSSR count). The largest absolute Gasteiger partial charge is 0.397 e. The molecule has 0 unspecified atom stereocenters. The highest BCUT2D eigenvalue weighted by Crippen LogP contribution is 2.38. The maximum absolute atomic E-state index is 12.2. The first-order valence-electron chi connectivity index (χ1n) is 5.83. The predicted octanol–water partition coefficient (Wildman–Crippen LogP) is 2.13. The van der Waals surface area contributed by atoms with Crippen molar-refractivity contribution < 1.29 is 9.59 Å². The van der Waals surface area contributed by atoms with Gasteiger partial charge in [-0.25, -0.2) is 0 Å². The molecule has 0 bridgehead atoms. The van der Waals surface area contributed by atoms with Crippen LogP contribution in [0.2, 0.25) is 5.02 Å². The quantitative estimate of drug-likeness (QED) is 0.809. The molecular formula is C13H14ClN3O2S. The summed E-state index contributed by atoms with van der Waals surface area (Å²) < 4.78 is 0.817. The summed E-state index contributed by atoms with van der Waals surface area (Å²) in [5, 5.41) is 3.71. The zero-order valence-electron chi connectivity index (χ0n) is 11.0. The number of fused-ring (bicyclic) bond motifs is 1. The van der Waals surface area contributed by atoms with Crippen LogP contribution in [0, 0.1) is 0 Å². The average Bonchev–Trinajstić information content (AvgIpc) is 2.67. The van der Waals surface area contributed by atoms with Crippen LogP contribution >= 0.6 is 22.9 Å². The molecule has 5 N–H and O–H groups in total. The van der Waals surface area contributed by atoms with E-state index in [-0.39, 0.29) is 0 Å². The van der Waals surface area contributed by atoms with Crippen molar-refractivity contribution in [2.45, 2.75) is 19.4 Å². The summed E-state index contributed by atoms with van der Waals surface area (Å²) in [4.78, 5) is 23.8. The lowest BCUT2D eigenvalue weighted by Gasteiger charge is -2.21. The molecule has 0 atom stereocenters. The van der Waals surface area contributed by atoms with E-state index in [4.69, 9.17) is 23.1 Å². The van der Waals surface area contributed by atoms with Crippen molar-refractivity contribution in [2.24, 2.45) is 5.73 Å². The van der Waals surface area contributed by atoms with Crippen LogP contribution < -0.4 is 16.8 Å². The summed E-state index contributed by atoms with van der Waals surface area (Å²) in [5.41, 5.74) is 10.4. The van der Waals surface area contributed by atoms with Gasteiger partial charge in [-0.15, -0.1) is 11.3 Å². The van der Waals surface area contributed by atoms with Crippen molar-refractivity contribution in [3.63, 3.8) is 0 Å². The summed E-state index contributed by atoms with van der Waals surface area (Å²) in [6.45, 7) is 3.06. The molecule has 0 fully saturated rings. The number of nitrogens with two attached hydrogens (primary N) is 2. The fourth-order valence-electron chi connectivity index (χ4n) is 1.70. The molecular weight excluding hydrogens is 298 g/mol. The van der Waals surface area contributed by atoms with Gasteiger partial charge >= 0.3 is 0 Å². The van der Waals surface area contributed by atoms with Crippen LogP contribution in [0.5, 0.6) is 0 Å². The van der Waals surface area contributed by atoms with Crippen LogP contribution in [0.3, 0.4) is 0 Å². The molecule has 0 saturated heterocycles. The molecule has 0 radical (unpaired) electrons. The zero-order chi connectivity index (χ0) is 15.1. The summed E-state index contributed by atoms with van der Waals surface area (Å²) in [6, 6.07) is 5.33. The molecule has 0 aliphatic rings. The minimum Gasteiger partial charge on any atom is -0.397 e. The molecule has 7 heteroatoms. The highest BCUT2D eigenvalue weighted by Gasteiger charge is 2.29. The molecule has 1 heterocycles. The van der Waals surface area contributed by atoms with E-state index in [0.29, 0.717) is 21.0 Å². The first kappa shape index (κ1) is 14.6. The molecule has 5 nitrogen and oxygen atoms in total. The third-order valence-corrected chi connectivity index (χ3v) is 4.43. The van der Waals surface area contributed by atoms with Crippen LogP contribution in [0.4, 0.5) is 5.69 Å². The Bertz CT molecular complexity index is 709. The minimum absolute atomic E-state index is 0.313. The van der Waals surface area contributed by atoms with Gasteiger partial charge in [-0.05, 0) is 26.0 Å². The number of nitrogens with one attached hydrogen (secondary N) is 1. The molecule has 0 aliphatic heterocycles. The molecule has 1 aromatic heterocycles. The van der Waals surface area contributed by atoms with Crippen molar-refractivity contribution in [2.75, 3.05) is 5.73 Å². The van der Waals surface area contributed by atoms with Crippen molar-refractivity contribution in [3.05, 3.63) is 28.1 Å². The molecule has 1 aromatic carbocycles. The topological polar surface area (TPSA) is 98.2 Å². The van der Waals surface area contributed by atoms with Crippen LogP contribution in [0.25, 0.3) is 10.1 Å². The van der Waals surface area contributed by atoms with Crippen LogP contribution in [-0.4, -0.2) is 17.4 Å². The second-order valence-electron chi connectivity index (χ2n) is 4.90. The number of hydrogen-bond acceptors (Lipinski definition) is 4. The molecule has 0 spiro atoms. The Labute approximate surface area is 124 Å². The summed E-state index contributed by atoms with van der Waals surface area (Å²) >= 11 is 7.31. The Morgan fingerprint density at radius 2 is 2.00 bits per heavy atom. The van der Waals surface area contributed by atoms with E-state index >= 15 is 0 Å². The summed E-state index contributed by atoms with van der Waals surface area (Å²) in [5.74, 6) is -1.06. The van der Waals surface area contributed by atoms with E-state index in [2.05, 4.69) is 5.32 Å². The Balaban J connectivity index is 2.44. The molecule has 2 amide bonds. The number of carbonyl (C=O) groups is 2.